The Balaban J connectivity index is 1.59. The first kappa shape index (κ1) is 29.0. The molecule has 3 aromatic carbocycles. The maximum Gasteiger partial charge on any atom is 0.326 e. The van der Waals surface area contributed by atoms with Gasteiger partial charge < -0.3 is 21.1 Å². The zero-order valence-electron chi connectivity index (χ0n) is 21.6. The highest BCUT2D eigenvalue weighted by molar-refractivity contribution is 6.42. The smallest absolute Gasteiger partial charge is 0.326 e. The van der Waals surface area contributed by atoms with Crippen LogP contribution in [0.1, 0.15) is 49.9 Å². The summed E-state index contributed by atoms with van der Waals surface area (Å²) in [5.74, 6) is -0.730. The van der Waals surface area contributed by atoms with Gasteiger partial charge >= 0.3 is 12.0 Å². The largest absolute Gasteiger partial charge is 0.480 e. The third kappa shape index (κ3) is 6.96. The van der Waals surface area contributed by atoms with Crippen LogP contribution in [-0.2, 0) is 4.79 Å². The fourth-order valence-corrected chi connectivity index (χ4v) is 6.12. The van der Waals surface area contributed by atoms with Crippen molar-refractivity contribution in [2.24, 2.45) is 17.8 Å². The minimum Gasteiger partial charge on any atom is -0.480 e. The van der Waals surface area contributed by atoms with Crippen molar-refractivity contribution < 1.29 is 19.5 Å². The van der Waals surface area contributed by atoms with E-state index in [2.05, 4.69) is 29.8 Å². The Morgan fingerprint density at radius 1 is 0.846 bits per heavy atom. The van der Waals surface area contributed by atoms with Gasteiger partial charge in [0.15, 0.2) is 0 Å². The number of aliphatic carboxylic acids is 1. The van der Waals surface area contributed by atoms with Gasteiger partial charge in [-0.05, 0) is 78.5 Å². The van der Waals surface area contributed by atoms with Crippen molar-refractivity contribution in [1.82, 2.24) is 5.32 Å². The molecule has 0 radical (unpaired) electrons. The number of amides is 3. The van der Waals surface area contributed by atoms with Crippen LogP contribution < -0.4 is 16.0 Å². The number of hydrogen-bond acceptors (Lipinski definition) is 3. The van der Waals surface area contributed by atoms with E-state index >= 15 is 0 Å². The number of fused-ring (bicyclic) bond motifs is 1. The highest BCUT2D eigenvalue weighted by atomic mass is 35.5. The van der Waals surface area contributed by atoms with Crippen molar-refractivity contribution in [2.75, 3.05) is 10.6 Å². The molecular weight excluding hydrogens is 561 g/mol. The Hall–Kier alpha value is -3.00. The number of carbonyl (C=O) groups excluding carboxylic acids is 2. The summed E-state index contributed by atoms with van der Waals surface area (Å²) in [6.07, 6.45) is 3.32. The molecule has 1 aliphatic carbocycles. The lowest BCUT2D eigenvalue weighted by Crippen LogP contribution is -2.47. The second-order valence-corrected chi connectivity index (χ2v) is 11.5. The number of urea groups is 1. The van der Waals surface area contributed by atoms with Crippen LogP contribution in [0.5, 0.6) is 0 Å². The summed E-state index contributed by atoms with van der Waals surface area (Å²) in [4.78, 5) is 38.7. The molecule has 3 amide bonds. The Morgan fingerprint density at radius 3 is 1.97 bits per heavy atom. The summed E-state index contributed by atoms with van der Waals surface area (Å²) < 4.78 is 0. The van der Waals surface area contributed by atoms with Gasteiger partial charge in [-0.25, -0.2) is 9.59 Å². The lowest BCUT2D eigenvalue weighted by atomic mass is 9.74. The number of rotatable bonds is 7. The molecule has 0 heterocycles. The maximum atomic E-state index is 13.5. The monoisotopic (exact) mass is 589 g/mol. The molecule has 0 bridgehead atoms. The van der Waals surface area contributed by atoms with E-state index in [0.29, 0.717) is 16.9 Å². The molecule has 3 aromatic rings. The lowest BCUT2D eigenvalue weighted by molar-refractivity contribution is -0.141. The van der Waals surface area contributed by atoms with Crippen LogP contribution in [0.2, 0.25) is 15.1 Å². The quantitative estimate of drug-likeness (QED) is 0.223. The van der Waals surface area contributed by atoms with Gasteiger partial charge in [0.05, 0.1) is 27.0 Å². The Bertz CT molecular complexity index is 1380. The standard InChI is InChI=1S/C29H30Cl3N3O4/c1-15(2)16-7-9-17(10-8-16)25(28(37)38)34-27(36)21-11-18-5-3-4-6-19(18)12-24(21)33-29(39)35-26-22(31)13-20(30)14-23(26)32/h3-6,11-17,25H,7-10H2,1-2H3,(H,34,36)(H,37,38)(H2,33,35,39)/t16-,17-,25-/m0/s1. The number of benzene rings is 3. The van der Waals surface area contributed by atoms with E-state index in [1.54, 1.807) is 12.1 Å². The van der Waals surface area contributed by atoms with Crippen molar-refractivity contribution in [3.8, 4) is 0 Å². The third-order valence-corrected chi connectivity index (χ3v) is 8.22. The summed E-state index contributed by atoms with van der Waals surface area (Å²) in [6, 6.07) is 11.8. The topological polar surface area (TPSA) is 108 Å². The highest BCUT2D eigenvalue weighted by Crippen LogP contribution is 2.36. The molecule has 7 nitrogen and oxygen atoms in total. The van der Waals surface area contributed by atoms with Crippen molar-refractivity contribution in [3.63, 3.8) is 0 Å². The molecule has 1 aliphatic rings. The Labute approximate surface area is 242 Å². The molecule has 0 aromatic heterocycles. The van der Waals surface area contributed by atoms with E-state index < -0.39 is 23.9 Å². The van der Waals surface area contributed by atoms with Gasteiger partial charge in [-0.1, -0.05) is 72.9 Å². The average Bonchev–Trinajstić information content (AvgIpc) is 2.88. The van der Waals surface area contributed by atoms with E-state index in [0.717, 1.165) is 36.5 Å². The molecule has 10 heteroatoms. The van der Waals surface area contributed by atoms with Crippen LogP contribution in [-0.4, -0.2) is 29.1 Å². The highest BCUT2D eigenvalue weighted by Gasteiger charge is 2.34. The number of anilines is 2. The molecule has 206 valence electrons. The first-order valence-electron chi connectivity index (χ1n) is 12.8. The van der Waals surface area contributed by atoms with E-state index in [9.17, 15) is 19.5 Å². The van der Waals surface area contributed by atoms with Crippen molar-refractivity contribution in [1.29, 1.82) is 0 Å². The van der Waals surface area contributed by atoms with Crippen molar-refractivity contribution in [3.05, 3.63) is 69.2 Å². The van der Waals surface area contributed by atoms with Gasteiger partial charge in [0.2, 0.25) is 0 Å². The lowest BCUT2D eigenvalue weighted by Gasteiger charge is -2.34. The van der Waals surface area contributed by atoms with Crippen LogP contribution in [0.3, 0.4) is 0 Å². The number of halogens is 3. The molecule has 0 saturated heterocycles. The summed E-state index contributed by atoms with van der Waals surface area (Å²) >= 11 is 18.4. The number of hydrogen-bond donors (Lipinski definition) is 4. The van der Waals surface area contributed by atoms with Gasteiger partial charge in [0.25, 0.3) is 5.91 Å². The molecule has 0 unspecified atom stereocenters. The minimum atomic E-state index is -1.07. The number of nitrogens with one attached hydrogen (secondary N) is 3. The first-order valence-corrected chi connectivity index (χ1v) is 14.0. The van der Waals surface area contributed by atoms with Gasteiger partial charge in [-0.3, -0.25) is 4.79 Å². The molecule has 4 N–H and O–H groups in total. The summed E-state index contributed by atoms with van der Waals surface area (Å²) in [5.41, 5.74) is 0.506. The van der Waals surface area contributed by atoms with E-state index in [1.807, 2.05) is 24.3 Å². The fourth-order valence-electron chi connectivity index (χ4n) is 5.21. The fraction of sp³-hybridized carbons (Fsp3) is 0.345. The molecule has 1 fully saturated rings. The zero-order valence-corrected chi connectivity index (χ0v) is 23.8. The molecule has 0 aliphatic heterocycles. The second-order valence-electron chi connectivity index (χ2n) is 10.3. The SMILES string of the molecule is CC(C)[C@H]1CC[C@H]([C@H](NC(=O)c2cc3ccccc3cc2NC(=O)Nc2c(Cl)cc(Cl)cc2Cl)C(=O)O)CC1. The average molecular weight is 591 g/mol. The van der Waals surface area contributed by atoms with E-state index in [-0.39, 0.29) is 32.9 Å². The number of carboxylic acid groups (broad SMARTS) is 1. The normalized spacial score (nSPS) is 18.0. The third-order valence-electron chi connectivity index (χ3n) is 7.41. The maximum absolute atomic E-state index is 13.5. The van der Waals surface area contributed by atoms with Crippen LogP contribution in [0, 0.1) is 17.8 Å². The first-order chi connectivity index (χ1) is 18.5. The summed E-state index contributed by atoms with van der Waals surface area (Å²) in [7, 11) is 0. The number of carboxylic acids is 1. The Kier molecular flexibility index (Phi) is 9.26. The molecule has 4 rings (SSSR count). The summed E-state index contributed by atoms with van der Waals surface area (Å²) in [6.45, 7) is 4.36. The van der Waals surface area contributed by atoms with Crippen molar-refractivity contribution in [2.45, 2.75) is 45.6 Å². The van der Waals surface area contributed by atoms with E-state index in [1.165, 1.54) is 12.1 Å². The van der Waals surface area contributed by atoms with Crippen LogP contribution in [0.4, 0.5) is 16.2 Å². The summed E-state index contributed by atoms with van der Waals surface area (Å²) in [5, 5.41) is 20.2. The predicted molar refractivity (Wildman–Crippen MR) is 157 cm³/mol. The van der Waals surface area contributed by atoms with Gasteiger partial charge in [0.1, 0.15) is 6.04 Å². The minimum absolute atomic E-state index is 0.138. The van der Waals surface area contributed by atoms with Gasteiger partial charge in [0, 0.05) is 5.02 Å². The zero-order chi connectivity index (χ0) is 28.3. The van der Waals surface area contributed by atoms with Crippen molar-refractivity contribution >= 4 is 74.9 Å². The van der Waals surface area contributed by atoms with Crippen LogP contribution >= 0.6 is 34.8 Å². The molecule has 1 saturated carbocycles. The second kappa shape index (κ2) is 12.5. The van der Waals surface area contributed by atoms with Gasteiger partial charge in [-0.2, -0.15) is 0 Å². The molecule has 1 atom stereocenters. The molecular formula is C29H30Cl3N3O4. The molecule has 0 spiro atoms. The number of carbonyl (C=O) groups is 3. The van der Waals surface area contributed by atoms with Crippen LogP contribution in [0.25, 0.3) is 10.8 Å². The Morgan fingerprint density at radius 2 is 1.41 bits per heavy atom. The predicted octanol–water partition coefficient (Wildman–Crippen LogP) is 8.09. The van der Waals surface area contributed by atoms with Gasteiger partial charge in [-0.15, -0.1) is 0 Å². The van der Waals surface area contributed by atoms with Crippen LogP contribution in [0.15, 0.2) is 48.5 Å². The molecule has 39 heavy (non-hydrogen) atoms. The van der Waals surface area contributed by atoms with E-state index in [4.69, 9.17) is 34.8 Å².